The molecule has 0 aliphatic carbocycles. The molecule has 6 nitrogen and oxygen atoms in total. The fraction of sp³-hybridized carbons (Fsp3) is 0.759. The first kappa shape index (κ1) is 60.7. The molecule has 0 bridgehead atoms. The van der Waals surface area contributed by atoms with E-state index in [0.29, 0.717) is 0 Å². The van der Waals surface area contributed by atoms with E-state index in [1.807, 2.05) is 25.2 Å². The lowest BCUT2D eigenvalue weighted by molar-refractivity contribution is -0.108. The van der Waals surface area contributed by atoms with E-state index in [4.69, 9.17) is 0 Å². The van der Waals surface area contributed by atoms with Crippen molar-refractivity contribution in [2.24, 2.45) is 0 Å². The van der Waals surface area contributed by atoms with Crippen LogP contribution in [-0.2, 0) is 29.0 Å². The highest BCUT2D eigenvalue weighted by molar-refractivity contribution is 7.12. The van der Waals surface area contributed by atoms with Crippen molar-refractivity contribution in [1.82, 2.24) is 15.1 Å². The van der Waals surface area contributed by atoms with Crippen LogP contribution in [0.5, 0.6) is 0 Å². The maximum atomic E-state index is 12.6. The number of likely N-dealkylation sites (N-methyl/N-ethyl adjacent to an activating group) is 1. The fourth-order valence-corrected chi connectivity index (χ4v) is 8.50. The van der Waals surface area contributed by atoms with Crippen molar-refractivity contribution in [2.75, 3.05) is 40.8 Å². The van der Waals surface area contributed by atoms with E-state index in [2.05, 4.69) is 93.5 Å². The molecule has 0 saturated carbocycles. The van der Waals surface area contributed by atoms with Crippen molar-refractivity contribution in [3.63, 3.8) is 0 Å². The van der Waals surface area contributed by atoms with Gasteiger partial charge in [0.15, 0.2) is 0 Å². The largest absolute Gasteiger partial charge is 0.352 e. The Kier molecular flexibility index (Phi) is 48.5. The van der Waals surface area contributed by atoms with Gasteiger partial charge in [-0.3, -0.25) is 4.79 Å². The van der Waals surface area contributed by atoms with Crippen LogP contribution in [0.2, 0.25) is 0 Å². The van der Waals surface area contributed by atoms with Crippen molar-refractivity contribution in [1.29, 1.82) is 0 Å². The molecule has 0 aromatic carbocycles. The zero-order chi connectivity index (χ0) is 45.4. The Hall–Kier alpha value is -2.35. The minimum atomic E-state index is 0.132. The summed E-state index contributed by atoms with van der Waals surface area (Å²) in [6.07, 6.45) is 51.2. The zero-order valence-electron chi connectivity index (χ0n) is 41.5. The number of carbonyl (C=O) groups is 3. The minimum Gasteiger partial charge on any atom is -0.352 e. The number of hydrogen-bond acceptors (Lipinski definition) is 6. The summed E-state index contributed by atoms with van der Waals surface area (Å²) in [6, 6.07) is 0. The molecule has 2 rings (SSSR count). The number of amides is 1. The second kappa shape index (κ2) is 48.7. The summed E-state index contributed by atoms with van der Waals surface area (Å²) in [5.74, 6) is 0.132. The van der Waals surface area contributed by atoms with Gasteiger partial charge in [-0.05, 0) is 123 Å². The molecular formula is C54H99N3O3S. The van der Waals surface area contributed by atoms with Gasteiger partial charge in [0.1, 0.15) is 12.6 Å². The predicted molar refractivity (Wildman–Crippen MR) is 272 cm³/mol. The normalized spacial score (nSPS) is 12.5. The SMILES string of the molecule is CC.CCCCC/C=C\C/C=C\CCCCCCCC=O.CCCCCCCC/C=C\CCCCCCCC=O.CCc1sc2c(c1C(=O)NCCCN(C)C)CCN(C)C2. The number of carbonyl (C=O) groups excluding carboxylic acids is 3. The van der Waals surface area contributed by atoms with E-state index in [1.54, 1.807) is 0 Å². The summed E-state index contributed by atoms with van der Waals surface area (Å²) in [5, 5.41) is 3.10. The first-order valence-electron chi connectivity index (χ1n) is 25.4. The standard InChI is InChI=1S/C18H34O.C18H32O.C16H27N3OS.C2H6/c2*1-2-3-4-5-6-7-8-9-10-11-12-13-14-15-16-17-18-19;1-5-13-15(16(20)17-8-6-9-18(2)3)12-7-10-19(4)11-14(12)21-13;1-2/h9-10,18H,2-8,11-17H2,1H3;6-7,9-10,18H,2-5,8,11-17H2,1H3;5-11H2,1-4H3,(H,17,20);1-2H3/b10-9-;7-6-,10-9-;;. The summed E-state index contributed by atoms with van der Waals surface area (Å²) in [5.41, 5.74) is 2.29. The summed E-state index contributed by atoms with van der Waals surface area (Å²) in [6.45, 7) is 14.5. The molecule has 7 heteroatoms. The third-order valence-corrected chi connectivity index (χ3v) is 12.2. The number of aryl methyl sites for hydroxylation is 1. The Morgan fingerprint density at radius 1 is 0.623 bits per heavy atom. The molecule has 1 aromatic rings. The Bertz CT molecular complexity index is 1200. The average Bonchev–Trinajstić information content (AvgIpc) is 3.64. The van der Waals surface area contributed by atoms with Gasteiger partial charge in [-0.2, -0.15) is 0 Å². The number of rotatable bonds is 35. The molecule has 0 fully saturated rings. The molecule has 1 aromatic heterocycles. The highest BCUT2D eigenvalue weighted by atomic mass is 32.1. The average molecular weight is 870 g/mol. The highest BCUT2D eigenvalue weighted by Crippen LogP contribution is 2.33. The molecule has 1 amide bonds. The van der Waals surface area contributed by atoms with E-state index < -0.39 is 0 Å². The van der Waals surface area contributed by atoms with Gasteiger partial charge in [0.25, 0.3) is 5.91 Å². The Morgan fingerprint density at radius 3 is 1.51 bits per heavy atom. The zero-order valence-corrected chi connectivity index (χ0v) is 42.3. The van der Waals surface area contributed by atoms with Crippen molar-refractivity contribution < 1.29 is 14.4 Å². The molecule has 0 unspecified atom stereocenters. The van der Waals surface area contributed by atoms with Crippen molar-refractivity contribution >= 4 is 29.8 Å². The maximum Gasteiger partial charge on any atom is 0.252 e. The lowest BCUT2D eigenvalue weighted by atomic mass is 10.0. The molecule has 0 atom stereocenters. The van der Waals surface area contributed by atoms with Crippen LogP contribution in [0.15, 0.2) is 36.5 Å². The maximum absolute atomic E-state index is 12.6. The Morgan fingerprint density at radius 2 is 1.05 bits per heavy atom. The topological polar surface area (TPSA) is 69.7 Å². The lowest BCUT2D eigenvalue weighted by Gasteiger charge is -2.22. The van der Waals surface area contributed by atoms with Crippen molar-refractivity contribution in [3.8, 4) is 0 Å². The summed E-state index contributed by atoms with van der Waals surface area (Å²) in [7, 11) is 6.26. The third-order valence-electron chi connectivity index (χ3n) is 10.8. The van der Waals surface area contributed by atoms with Crippen LogP contribution in [0.4, 0.5) is 0 Å². The molecule has 0 spiro atoms. The number of fused-ring (bicyclic) bond motifs is 1. The molecule has 0 radical (unpaired) electrons. The second-order valence-electron chi connectivity index (χ2n) is 16.8. The summed E-state index contributed by atoms with van der Waals surface area (Å²) < 4.78 is 0. The quantitative estimate of drug-likeness (QED) is 0.0418. The fourth-order valence-electron chi connectivity index (χ4n) is 7.12. The van der Waals surface area contributed by atoms with E-state index >= 15 is 0 Å². The van der Waals surface area contributed by atoms with E-state index in [0.717, 1.165) is 95.7 Å². The van der Waals surface area contributed by atoms with Crippen LogP contribution >= 0.6 is 11.3 Å². The molecule has 2 heterocycles. The second-order valence-corrected chi connectivity index (χ2v) is 18.0. The van der Waals surface area contributed by atoms with Crippen LogP contribution in [0, 0.1) is 0 Å². The van der Waals surface area contributed by atoms with Gasteiger partial charge < -0.3 is 24.7 Å². The number of thiophene rings is 1. The molecular weight excluding hydrogens is 771 g/mol. The molecule has 1 aliphatic rings. The van der Waals surface area contributed by atoms with E-state index in [-0.39, 0.29) is 5.91 Å². The Balaban J connectivity index is 0. The van der Waals surface area contributed by atoms with Crippen molar-refractivity contribution in [2.45, 2.75) is 227 Å². The monoisotopic (exact) mass is 870 g/mol. The summed E-state index contributed by atoms with van der Waals surface area (Å²) >= 11 is 1.83. The first-order chi connectivity index (χ1) is 29.9. The van der Waals surface area contributed by atoms with Gasteiger partial charge in [0.05, 0.1) is 5.56 Å². The Labute approximate surface area is 383 Å². The van der Waals surface area contributed by atoms with Gasteiger partial charge in [-0.1, -0.05) is 155 Å². The number of aldehydes is 2. The van der Waals surface area contributed by atoms with Crippen LogP contribution < -0.4 is 5.32 Å². The van der Waals surface area contributed by atoms with Gasteiger partial charge >= 0.3 is 0 Å². The first-order valence-corrected chi connectivity index (χ1v) is 26.2. The predicted octanol–water partition coefficient (Wildman–Crippen LogP) is 15.2. The summed E-state index contributed by atoms with van der Waals surface area (Å²) in [4.78, 5) is 39.9. The van der Waals surface area contributed by atoms with Crippen LogP contribution in [-0.4, -0.2) is 69.1 Å². The van der Waals surface area contributed by atoms with Crippen LogP contribution in [0.25, 0.3) is 0 Å². The molecule has 1 N–H and O–H groups in total. The van der Waals surface area contributed by atoms with Crippen LogP contribution in [0.3, 0.4) is 0 Å². The number of allylic oxidation sites excluding steroid dienone is 6. The lowest BCUT2D eigenvalue weighted by Crippen LogP contribution is -2.30. The number of nitrogens with zero attached hydrogens (tertiary/aromatic N) is 2. The van der Waals surface area contributed by atoms with Crippen molar-refractivity contribution in [3.05, 3.63) is 57.3 Å². The molecule has 1 aliphatic heterocycles. The highest BCUT2D eigenvalue weighted by Gasteiger charge is 2.25. The number of nitrogens with one attached hydrogen (secondary N) is 1. The molecule has 0 saturated heterocycles. The molecule has 354 valence electrons. The van der Waals surface area contributed by atoms with E-state index in [1.165, 1.54) is 150 Å². The van der Waals surface area contributed by atoms with E-state index in [9.17, 15) is 14.4 Å². The van der Waals surface area contributed by atoms with Crippen LogP contribution in [0.1, 0.15) is 234 Å². The smallest absolute Gasteiger partial charge is 0.252 e. The van der Waals surface area contributed by atoms with Gasteiger partial charge in [0, 0.05) is 42.2 Å². The number of hydrogen-bond donors (Lipinski definition) is 1. The van der Waals surface area contributed by atoms with Gasteiger partial charge in [-0.15, -0.1) is 11.3 Å². The van der Waals surface area contributed by atoms with Gasteiger partial charge in [0.2, 0.25) is 0 Å². The third kappa shape index (κ3) is 39.0. The molecule has 61 heavy (non-hydrogen) atoms. The van der Waals surface area contributed by atoms with Gasteiger partial charge in [-0.25, -0.2) is 0 Å². The minimum absolute atomic E-state index is 0.132. The number of unbranched alkanes of at least 4 members (excludes halogenated alkanes) is 21.